The maximum Gasteiger partial charge on any atom is 0.0406 e. The third-order valence-corrected chi connectivity index (χ3v) is 7.69. The number of rotatable bonds is 1. The zero-order chi connectivity index (χ0) is 25.6. The van der Waals surface area contributed by atoms with Gasteiger partial charge in [0, 0.05) is 11.1 Å². The monoisotopic (exact) mass is 482 g/mol. The van der Waals surface area contributed by atoms with Gasteiger partial charge in [0.1, 0.15) is 0 Å². The molecule has 0 aliphatic carbocycles. The summed E-state index contributed by atoms with van der Waals surface area (Å²) in [6, 6.07) is 43.6. The molecule has 0 amide bonds. The highest BCUT2D eigenvalue weighted by molar-refractivity contribution is 6.21. The summed E-state index contributed by atoms with van der Waals surface area (Å²) in [6.45, 7) is 4.45. The van der Waals surface area contributed by atoms with Gasteiger partial charge < -0.3 is 0 Å². The highest BCUT2D eigenvalue weighted by atomic mass is 14.2. The Bertz CT molecular complexity index is 1970. The summed E-state index contributed by atoms with van der Waals surface area (Å²) in [7, 11) is 0. The molecule has 0 fully saturated rings. The number of hydrogen-bond donors (Lipinski definition) is 0. The molecular formula is C38H26. The average Bonchev–Trinajstić information content (AvgIpc) is 2.95. The van der Waals surface area contributed by atoms with E-state index in [1.165, 1.54) is 65.3 Å². The lowest BCUT2D eigenvalue weighted by atomic mass is 9.83. The van der Waals surface area contributed by atoms with Crippen molar-refractivity contribution in [1.29, 1.82) is 0 Å². The van der Waals surface area contributed by atoms with Gasteiger partial charge in [-0.3, -0.25) is 0 Å². The summed E-state index contributed by atoms with van der Waals surface area (Å²) >= 11 is 0. The first kappa shape index (κ1) is 22.3. The second kappa shape index (κ2) is 8.91. The number of fused-ring (bicyclic) bond motifs is 4. The van der Waals surface area contributed by atoms with Gasteiger partial charge in [0.2, 0.25) is 0 Å². The van der Waals surface area contributed by atoms with Crippen LogP contribution in [0.1, 0.15) is 22.3 Å². The lowest BCUT2D eigenvalue weighted by Gasteiger charge is -2.19. The molecule has 0 aliphatic rings. The Morgan fingerprint density at radius 2 is 0.842 bits per heavy atom. The van der Waals surface area contributed by atoms with Gasteiger partial charge in [-0.15, -0.1) is 0 Å². The number of hydrogen-bond acceptors (Lipinski definition) is 0. The zero-order valence-corrected chi connectivity index (χ0v) is 21.5. The van der Waals surface area contributed by atoms with E-state index in [0.717, 1.165) is 11.1 Å². The van der Waals surface area contributed by atoms with Crippen LogP contribution in [0.4, 0.5) is 0 Å². The Labute approximate surface area is 223 Å². The predicted molar refractivity (Wildman–Crippen MR) is 164 cm³/mol. The summed E-state index contributed by atoms with van der Waals surface area (Å²) in [4.78, 5) is 0. The van der Waals surface area contributed by atoms with E-state index in [0.29, 0.717) is 0 Å². The minimum Gasteiger partial charge on any atom is -0.0622 e. The van der Waals surface area contributed by atoms with E-state index < -0.39 is 0 Å². The maximum atomic E-state index is 3.63. The first-order valence-electron chi connectivity index (χ1n) is 13.1. The fraction of sp³-hybridized carbons (Fsp3) is 0.0526. The van der Waals surface area contributed by atoms with Gasteiger partial charge in [-0.2, -0.15) is 0 Å². The molecule has 0 saturated carbocycles. The molecule has 0 aliphatic heterocycles. The molecule has 0 bridgehead atoms. The zero-order valence-electron chi connectivity index (χ0n) is 21.5. The molecule has 0 aromatic heterocycles. The molecule has 0 N–H and O–H groups in total. The van der Waals surface area contributed by atoms with Gasteiger partial charge in [-0.25, -0.2) is 0 Å². The van der Waals surface area contributed by atoms with Crippen molar-refractivity contribution in [2.75, 3.05) is 0 Å². The molecule has 0 atom stereocenters. The molecular weight excluding hydrogens is 456 g/mol. The molecule has 0 heteroatoms. The Kier molecular flexibility index (Phi) is 5.24. The third-order valence-electron chi connectivity index (χ3n) is 7.69. The maximum absolute atomic E-state index is 3.63. The minimum absolute atomic E-state index is 1.02. The fourth-order valence-corrected chi connectivity index (χ4v) is 5.87. The first-order valence-corrected chi connectivity index (χ1v) is 13.1. The van der Waals surface area contributed by atoms with E-state index in [1.807, 2.05) is 18.2 Å². The summed E-state index contributed by atoms with van der Waals surface area (Å²) in [6.07, 6.45) is 0. The predicted octanol–water partition coefficient (Wildman–Crippen LogP) is 9.98. The molecule has 0 radical (unpaired) electrons. The molecule has 7 aromatic carbocycles. The largest absolute Gasteiger partial charge is 0.0622 e. The Hall–Kier alpha value is -4.86. The molecule has 0 unspecified atom stereocenters. The average molecular weight is 483 g/mol. The summed E-state index contributed by atoms with van der Waals surface area (Å²) < 4.78 is 0. The van der Waals surface area contributed by atoms with Gasteiger partial charge >= 0.3 is 0 Å². The molecule has 0 spiro atoms. The van der Waals surface area contributed by atoms with Crippen LogP contribution < -0.4 is 0 Å². The van der Waals surface area contributed by atoms with Crippen LogP contribution in [-0.2, 0) is 0 Å². The van der Waals surface area contributed by atoms with Crippen LogP contribution in [0.2, 0.25) is 0 Å². The van der Waals surface area contributed by atoms with Crippen molar-refractivity contribution in [3.63, 3.8) is 0 Å². The van der Waals surface area contributed by atoms with Crippen LogP contribution in [0.15, 0.2) is 121 Å². The lowest BCUT2D eigenvalue weighted by molar-refractivity contribution is 1.39. The quantitative estimate of drug-likeness (QED) is 0.161. The first-order chi connectivity index (χ1) is 18.7. The molecule has 0 heterocycles. The smallest absolute Gasteiger partial charge is 0.0406 e. The van der Waals surface area contributed by atoms with Crippen LogP contribution in [-0.4, -0.2) is 0 Å². The van der Waals surface area contributed by atoms with E-state index >= 15 is 0 Å². The van der Waals surface area contributed by atoms with Crippen LogP contribution in [0.5, 0.6) is 0 Å². The van der Waals surface area contributed by atoms with Crippen molar-refractivity contribution < 1.29 is 0 Å². The second-order valence-corrected chi connectivity index (χ2v) is 10.1. The van der Waals surface area contributed by atoms with Crippen LogP contribution >= 0.6 is 0 Å². The Morgan fingerprint density at radius 3 is 1.34 bits per heavy atom. The highest BCUT2D eigenvalue weighted by Gasteiger charge is 2.19. The Balaban J connectivity index is 1.74. The van der Waals surface area contributed by atoms with Crippen molar-refractivity contribution in [3.05, 3.63) is 144 Å². The number of benzene rings is 7. The van der Waals surface area contributed by atoms with Crippen molar-refractivity contribution >= 4 is 43.1 Å². The van der Waals surface area contributed by atoms with E-state index in [9.17, 15) is 0 Å². The molecule has 0 saturated heterocycles. The summed E-state index contributed by atoms with van der Waals surface area (Å²) in [5.41, 5.74) is 7.30. The summed E-state index contributed by atoms with van der Waals surface area (Å²) in [5, 5.41) is 9.86. The third kappa shape index (κ3) is 3.64. The molecule has 7 rings (SSSR count). The molecule has 7 aromatic rings. The van der Waals surface area contributed by atoms with Crippen LogP contribution in [0.25, 0.3) is 54.2 Å². The highest BCUT2D eigenvalue weighted by Crippen LogP contribution is 2.44. The molecule has 38 heavy (non-hydrogen) atoms. The standard InChI is InChI=1S/C38H26/c1-25-11-10-12-26(2)37(25)38-35-23-30-17-8-6-15-28(30)21-33(35)32(20-19-27-13-4-3-5-14-27)34-22-29-16-7-9-18-31(29)24-36(34)38/h3-18,21-24H,1-2H3. The van der Waals surface area contributed by atoms with E-state index in [-0.39, 0.29) is 0 Å². The minimum atomic E-state index is 1.02. The topological polar surface area (TPSA) is 0 Å². The van der Waals surface area contributed by atoms with E-state index in [4.69, 9.17) is 0 Å². The van der Waals surface area contributed by atoms with Gasteiger partial charge in [0.15, 0.2) is 0 Å². The van der Waals surface area contributed by atoms with Crippen molar-refractivity contribution in [1.82, 2.24) is 0 Å². The fourth-order valence-electron chi connectivity index (χ4n) is 5.87. The molecule has 178 valence electrons. The summed E-state index contributed by atoms with van der Waals surface area (Å²) in [5.74, 6) is 7.11. The van der Waals surface area contributed by atoms with E-state index in [2.05, 4.69) is 129 Å². The lowest BCUT2D eigenvalue weighted by Crippen LogP contribution is -1.95. The van der Waals surface area contributed by atoms with Gasteiger partial charge in [-0.05, 0) is 116 Å². The SMILES string of the molecule is Cc1cccc(C)c1-c1c2cc3ccccc3cc2c(C#Cc2ccccc2)c2cc3ccccc3cc12. The van der Waals surface area contributed by atoms with Crippen LogP contribution in [0.3, 0.4) is 0 Å². The normalized spacial score (nSPS) is 11.2. The van der Waals surface area contributed by atoms with Crippen LogP contribution in [0, 0.1) is 25.7 Å². The second-order valence-electron chi connectivity index (χ2n) is 10.1. The van der Waals surface area contributed by atoms with Crippen molar-refractivity contribution in [2.45, 2.75) is 13.8 Å². The van der Waals surface area contributed by atoms with Gasteiger partial charge in [0.25, 0.3) is 0 Å². The van der Waals surface area contributed by atoms with E-state index in [1.54, 1.807) is 0 Å². The van der Waals surface area contributed by atoms with Gasteiger partial charge in [0.05, 0.1) is 0 Å². The Morgan fingerprint density at radius 1 is 0.395 bits per heavy atom. The van der Waals surface area contributed by atoms with Crippen molar-refractivity contribution in [2.24, 2.45) is 0 Å². The number of aryl methyl sites for hydroxylation is 2. The molecule has 0 nitrogen and oxygen atoms in total. The van der Waals surface area contributed by atoms with Gasteiger partial charge in [-0.1, -0.05) is 96.8 Å². The van der Waals surface area contributed by atoms with Crippen molar-refractivity contribution in [3.8, 4) is 23.0 Å².